The van der Waals surface area contributed by atoms with Crippen LogP contribution in [-0.4, -0.2) is 34.7 Å². The SMILES string of the molecule is C/C=C/C(=O)NC1CCC(C)CC1.CN=C(c1ccc(Oc2ccccc2)cc1)c1c(C)ncnc1N. The van der Waals surface area contributed by atoms with Crippen LogP contribution in [0.2, 0.25) is 0 Å². The number of anilines is 1. The number of aryl methyl sites for hydroxylation is 1. The van der Waals surface area contributed by atoms with Crippen molar-refractivity contribution in [3.05, 3.63) is 89.9 Å². The predicted molar refractivity (Wildman–Crippen MR) is 150 cm³/mol. The molecule has 0 spiro atoms. The Balaban J connectivity index is 0.000000248. The highest BCUT2D eigenvalue weighted by Crippen LogP contribution is 2.24. The fraction of sp³-hybridized carbons (Fsp3) is 0.333. The summed E-state index contributed by atoms with van der Waals surface area (Å²) < 4.78 is 5.81. The fourth-order valence-electron chi connectivity index (χ4n) is 4.28. The Kier molecular flexibility index (Phi) is 10.4. The maximum absolute atomic E-state index is 11.2. The van der Waals surface area contributed by atoms with E-state index < -0.39 is 0 Å². The average Bonchev–Trinajstić information content (AvgIpc) is 2.89. The van der Waals surface area contributed by atoms with Crippen LogP contribution in [0.25, 0.3) is 0 Å². The summed E-state index contributed by atoms with van der Waals surface area (Å²) in [4.78, 5) is 23.9. The van der Waals surface area contributed by atoms with Crippen LogP contribution < -0.4 is 15.8 Å². The van der Waals surface area contributed by atoms with Crippen molar-refractivity contribution in [1.29, 1.82) is 0 Å². The van der Waals surface area contributed by atoms with Gasteiger partial charge in [-0.3, -0.25) is 9.79 Å². The molecule has 0 bridgehead atoms. The number of aromatic nitrogens is 2. The predicted octanol–water partition coefficient (Wildman–Crippen LogP) is 5.88. The molecule has 2 aromatic carbocycles. The lowest BCUT2D eigenvalue weighted by molar-refractivity contribution is -0.117. The first kappa shape index (κ1) is 27.6. The standard InChI is InChI=1S/C19H18N4O.C11H19NO/c1-13-17(19(20)23-12-22-13)18(21-2)14-8-10-16(11-9-14)24-15-6-4-3-5-7-15;1-3-4-11(13)12-10-7-5-9(2)6-8-10/h3-12H,1-2H3,(H2,20,22,23);3-4,9-10H,5-8H2,1-2H3,(H,12,13)/b;4-3+. The highest BCUT2D eigenvalue weighted by Gasteiger charge is 2.18. The Bertz CT molecular complexity index is 1180. The van der Waals surface area contributed by atoms with Gasteiger partial charge in [0.15, 0.2) is 0 Å². The summed E-state index contributed by atoms with van der Waals surface area (Å²) in [5.41, 5.74) is 9.26. The molecule has 1 aliphatic carbocycles. The lowest BCUT2D eigenvalue weighted by atomic mass is 9.87. The van der Waals surface area contributed by atoms with Crippen LogP contribution >= 0.6 is 0 Å². The molecule has 0 unspecified atom stereocenters. The topological polar surface area (TPSA) is 102 Å². The number of rotatable bonds is 6. The zero-order valence-electron chi connectivity index (χ0n) is 22.1. The third kappa shape index (κ3) is 8.27. The van der Waals surface area contributed by atoms with Gasteiger partial charge in [0, 0.05) is 18.7 Å². The first-order valence-electron chi connectivity index (χ1n) is 12.7. The number of hydrogen-bond acceptors (Lipinski definition) is 6. The second-order valence-corrected chi connectivity index (χ2v) is 9.20. The minimum atomic E-state index is 0.0575. The van der Waals surface area contributed by atoms with Gasteiger partial charge in [-0.25, -0.2) is 9.97 Å². The van der Waals surface area contributed by atoms with Gasteiger partial charge in [-0.2, -0.15) is 0 Å². The van der Waals surface area contributed by atoms with Crippen molar-refractivity contribution in [2.24, 2.45) is 10.9 Å². The molecule has 194 valence electrons. The van der Waals surface area contributed by atoms with Crippen molar-refractivity contribution in [2.75, 3.05) is 12.8 Å². The number of hydrogen-bond donors (Lipinski definition) is 2. The van der Waals surface area contributed by atoms with E-state index in [0.717, 1.165) is 52.8 Å². The van der Waals surface area contributed by atoms with Gasteiger partial charge in [-0.15, -0.1) is 0 Å². The van der Waals surface area contributed by atoms with Crippen LogP contribution in [0.1, 0.15) is 56.4 Å². The third-order valence-electron chi connectivity index (χ3n) is 6.31. The first-order valence-corrected chi connectivity index (χ1v) is 12.7. The van der Waals surface area contributed by atoms with Crippen LogP contribution in [0.4, 0.5) is 5.82 Å². The monoisotopic (exact) mass is 499 g/mol. The second kappa shape index (κ2) is 13.9. The van der Waals surface area contributed by atoms with Crippen LogP contribution in [-0.2, 0) is 4.79 Å². The number of aliphatic imine (C=N–C) groups is 1. The molecule has 7 nitrogen and oxygen atoms in total. The maximum atomic E-state index is 11.2. The number of nitrogens with one attached hydrogen (secondary N) is 1. The summed E-state index contributed by atoms with van der Waals surface area (Å²) in [5.74, 6) is 2.88. The number of nitrogens with two attached hydrogens (primary N) is 1. The van der Waals surface area contributed by atoms with Gasteiger partial charge < -0.3 is 15.8 Å². The van der Waals surface area contributed by atoms with E-state index >= 15 is 0 Å². The van der Waals surface area contributed by atoms with Gasteiger partial charge in [-0.05, 0) is 87.9 Å². The molecular formula is C30H37N5O2. The molecule has 1 fully saturated rings. The number of para-hydroxylation sites is 1. The fourth-order valence-corrected chi connectivity index (χ4v) is 4.28. The molecule has 7 heteroatoms. The number of amides is 1. The van der Waals surface area contributed by atoms with Crippen molar-refractivity contribution >= 4 is 17.4 Å². The Morgan fingerprint density at radius 2 is 1.68 bits per heavy atom. The van der Waals surface area contributed by atoms with Crippen LogP contribution in [0, 0.1) is 12.8 Å². The molecule has 1 amide bonds. The van der Waals surface area contributed by atoms with Crippen LogP contribution in [0.15, 0.2) is 78.1 Å². The summed E-state index contributed by atoms with van der Waals surface area (Å²) in [7, 11) is 1.73. The molecule has 4 rings (SSSR count). The quantitative estimate of drug-likeness (QED) is 0.325. The second-order valence-electron chi connectivity index (χ2n) is 9.20. The number of carbonyl (C=O) groups excluding carboxylic acids is 1. The molecule has 0 aliphatic heterocycles. The van der Waals surface area contributed by atoms with Crippen molar-refractivity contribution in [1.82, 2.24) is 15.3 Å². The molecule has 3 aromatic rings. The van der Waals surface area contributed by atoms with Gasteiger partial charge in [-0.1, -0.05) is 31.2 Å². The molecule has 0 saturated heterocycles. The van der Waals surface area contributed by atoms with Gasteiger partial charge in [0.05, 0.1) is 17.0 Å². The molecule has 37 heavy (non-hydrogen) atoms. The Morgan fingerprint density at radius 1 is 1.03 bits per heavy atom. The summed E-state index contributed by atoms with van der Waals surface area (Å²) in [6.45, 7) is 6.04. The number of nitrogens with zero attached hydrogens (tertiary/aromatic N) is 3. The first-order chi connectivity index (χ1) is 17.9. The van der Waals surface area contributed by atoms with Crippen LogP contribution in [0.3, 0.4) is 0 Å². The van der Waals surface area contributed by atoms with E-state index in [2.05, 4.69) is 27.2 Å². The highest BCUT2D eigenvalue weighted by atomic mass is 16.5. The average molecular weight is 500 g/mol. The van der Waals surface area contributed by atoms with E-state index in [-0.39, 0.29) is 5.91 Å². The van der Waals surface area contributed by atoms with Crippen molar-refractivity contribution in [3.63, 3.8) is 0 Å². The lowest BCUT2D eigenvalue weighted by Crippen LogP contribution is -2.36. The molecule has 1 heterocycles. The largest absolute Gasteiger partial charge is 0.457 e. The molecule has 0 atom stereocenters. The summed E-state index contributed by atoms with van der Waals surface area (Å²) in [5, 5.41) is 3.01. The van der Waals surface area contributed by atoms with E-state index in [1.54, 1.807) is 19.2 Å². The van der Waals surface area contributed by atoms with E-state index in [4.69, 9.17) is 10.5 Å². The molecular weight excluding hydrogens is 462 g/mol. The Labute approximate surface area is 219 Å². The maximum Gasteiger partial charge on any atom is 0.243 e. The van der Waals surface area contributed by atoms with Gasteiger partial charge in [0.2, 0.25) is 5.91 Å². The number of carbonyl (C=O) groups is 1. The van der Waals surface area contributed by atoms with Crippen molar-refractivity contribution < 1.29 is 9.53 Å². The highest BCUT2D eigenvalue weighted by molar-refractivity contribution is 6.15. The summed E-state index contributed by atoms with van der Waals surface area (Å²) in [6.07, 6.45) is 9.62. The number of benzene rings is 2. The molecule has 1 aliphatic rings. The molecule has 1 aromatic heterocycles. The minimum absolute atomic E-state index is 0.0575. The van der Waals surface area contributed by atoms with Gasteiger partial charge >= 0.3 is 0 Å². The molecule has 1 saturated carbocycles. The van der Waals surface area contributed by atoms with E-state index in [0.29, 0.717) is 11.9 Å². The third-order valence-corrected chi connectivity index (χ3v) is 6.31. The number of allylic oxidation sites excluding steroid dienone is 1. The van der Waals surface area contributed by atoms with Crippen molar-refractivity contribution in [3.8, 4) is 11.5 Å². The molecule has 0 radical (unpaired) electrons. The summed E-state index contributed by atoms with van der Waals surface area (Å²) in [6, 6.07) is 17.8. The van der Waals surface area contributed by atoms with Gasteiger partial charge in [0.25, 0.3) is 0 Å². The van der Waals surface area contributed by atoms with E-state index in [1.165, 1.54) is 19.2 Å². The number of nitrogen functional groups attached to an aromatic ring is 1. The number of ether oxygens (including phenoxy) is 1. The zero-order valence-corrected chi connectivity index (χ0v) is 22.1. The normalized spacial score (nSPS) is 17.6. The lowest BCUT2D eigenvalue weighted by Gasteiger charge is -2.26. The summed E-state index contributed by atoms with van der Waals surface area (Å²) >= 11 is 0. The van der Waals surface area contributed by atoms with E-state index in [1.807, 2.05) is 68.4 Å². The minimum Gasteiger partial charge on any atom is -0.457 e. The van der Waals surface area contributed by atoms with E-state index in [9.17, 15) is 4.79 Å². The molecule has 3 N–H and O–H groups in total. The van der Waals surface area contributed by atoms with Gasteiger partial charge in [0.1, 0.15) is 23.6 Å². The zero-order chi connectivity index (χ0) is 26.6. The smallest absolute Gasteiger partial charge is 0.243 e. The van der Waals surface area contributed by atoms with Crippen molar-refractivity contribution in [2.45, 2.75) is 52.5 Å². The Morgan fingerprint density at radius 3 is 2.27 bits per heavy atom. The van der Waals surface area contributed by atoms with Crippen LogP contribution in [0.5, 0.6) is 11.5 Å². The Hall–Kier alpha value is -4.00.